The van der Waals surface area contributed by atoms with Gasteiger partial charge in [0.25, 0.3) is 0 Å². The van der Waals surface area contributed by atoms with E-state index in [2.05, 4.69) is 6.58 Å². The molecule has 0 unspecified atom stereocenters. The average molecular weight is 150 g/mol. The van der Waals surface area contributed by atoms with Crippen molar-refractivity contribution in [1.82, 2.24) is 0 Å². The van der Waals surface area contributed by atoms with E-state index in [9.17, 15) is 4.79 Å². The molecule has 0 aliphatic heterocycles. The van der Waals surface area contributed by atoms with Crippen LogP contribution < -0.4 is 0 Å². The lowest BCUT2D eigenvalue weighted by atomic mass is 9.86. The fraction of sp³-hybridized carbons (Fsp3) is 0.700. The third-order valence-electron chi connectivity index (χ3n) is 3.03. The summed E-state index contributed by atoms with van der Waals surface area (Å²) in [6.45, 7) is 3.68. The van der Waals surface area contributed by atoms with Gasteiger partial charge in [-0.15, -0.1) is 6.58 Å². The largest absolute Gasteiger partial charge is 0.299 e. The van der Waals surface area contributed by atoms with E-state index in [1.54, 1.807) is 0 Å². The minimum atomic E-state index is 0.330. The Hall–Kier alpha value is -0.590. The van der Waals surface area contributed by atoms with Crippen LogP contribution in [0.5, 0.6) is 0 Å². The maximum atomic E-state index is 11.5. The van der Waals surface area contributed by atoms with Crippen molar-refractivity contribution in [3.8, 4) is 0 Å². The van der Waals surface area contributed by atoms with Crippen LogP contribution in [-0.2, 0) is 4.79 Å². The molecule has 1 heteroatoms. The van der Waals surface area contributed by atoms with Gasteiger partial charge < -0.3 is 0 Å². The number of carbonyl (C=O) groups is 1. The van der Waals surface area contributed by atoms with Crippen LogP contribution in [0.2, 0.25) is 0 Å². The van der Waals surface area contributed by atoms with Crippen LogP contribution in [0.4, 0.5) is 0 Å². The summed E-state index contributed by atoms with van der Waals surface area (Å²) in [7, 11) is 0. The zero-order chi connectivity index (χ0) is 7.84. The highest BCUT2D eigenvalue weighted by atomic mass is 16.1. The number of rotatable bonds is 2. The Morgan fingerprint density at radius 1 is 1.55 bits per heavy atom. The quantitative estimate of drug-likeness (QED) is 0.551. The molecule has 2 fully saturated rings. The Bertz CT molecular complexity index is 195. The van der Waals surface area contributed by atoms with Gasteiger partial charge in [-0.25, -0.2) is 0 Å². The van der Waals surface area contributed by atoms with Crippen LogP contribution in [0, 0.1) is 17.8 Å². The first-order valence-electron chi connectivity index (χ1n) is 4.47. The summed E-state index contributed by atoms with van der Waals surface area (Å²) in [5.74, 6) is 2.11. The molecule has 2 aliphatic carbocycles. The molecule has 0 spiro atoms. The predicted molar refractivity (Wildman–Crippen MR) is 44.1 cm³/mol. The van der Waals surface area contributed by atoms with Crippen molar-refractivity contribution in [3.05, 3.63) is 12.7 Å². The summed E-state index contributed by atoms with van der Waals surface area (Å²) in [6, 6.07) is 0. The van der Waals surface area contributed by atoms with E-state index in [0.29, 0.717) is 17.6 Å². The molecule has 0 aromatic carbocycles. The number of carbonyl (C=O) groups excluding carboxylic acids is 1. The third-order valence-corrected chi connectivity index (χ3v) is 3.03. The fourth-order valence-corrected chi connectivity index (χ4v) is 2.21. The number of hydrogen-bond acceptors (Lipinski definition) is 1. The number of Topliss-reactive ketones (excluding diaryl/α,β-unsaturated/α-hetero) is 1. The van der Waals surface area contributed by atoms with Gasteiger partial charge in [0.05, 0.1) is 0 Å². The SMILES string of the molecule is C=CC[C@H]1CC[C@@H]2C[C@@H]2C1=O. The molecule has 60 valence electrons. The van der Waals surface area contributed by atoms with Crippen molar-refractivity contribution in [1.29, 1.82) is 0 Å². The fourth-order valence-electron chi connectivity index (χ4n) is 2.21. The third kappa shape index (κ3) is 1.13. The van der Waals surface area contributed by atoms with Gasteiger partial charge in [-0.1, -0.05) is 6.08 Å². The predicted octanol–water partition coefficient (Wildman–Crippen LogP) is 2.18. The molecule has 0 aromatic heterocycles. The maximum Gasteiger partial charge on any atom is 0.139 e. The summed E-state index contributed by atoms with van der Waals surface area (Å²) >= 11 is 0. The summed E-state index contributed by atoms with van der Waals surface area (Å²) in [5.41, 5.74) is 0. The van der Waals surface area contributed by atoms with Gasteiger partial charge in [-0.3, -0.25) is 4.79 Å². The van der Waals surface area contributed by atoms with Gasteiger partial charge in [0, 0.05) is 11.8 Å². The Kier molecular flexibility index (Phi) is 1.59. The number of hydrogen-bond donors (Lipinski definition) is 0. The van der Waals surface area contributed by atoms with Crippen molar-refractivity contribution in [2.45, 2.75) is 25.7 Å². The van der Waals surface area contributed by atoms with Crippen LogP contribution in [0.1, 0.15) is 25.7 Å². The second-order valence-corrected chi connectivity index (χ2v) is 3.80. The van der Waals surface area contributed by atoms with E-state index in [1.807, 2.05) is 6.08 Å². The molecule has 0 N–H and O–H groups in total. The Labute approximate surface area is 67.5 Å². The molecule has 3 atom stereocenters. The van der Waals surface area contributed by atoms with Crippen molar-refractivity contribution < 1.29 is 4.79 Å². The first-order chi connectivity index (χ1) is 5.33. The lowest BCUT2D eigenvalue weighted by molar-refractivity contribution is -0.125. The molecule has 2 saturated carbocycles. The molecule has 0 bridgehead atoms. The molecule has 0 aromatic rings. The van der Waals surface area contributed by atoms with Crippen molar-refractivity contribution in [3.63, 3.8) is 0 Å². The molecule has 1 nitrogen and oxygen atoms in total. The summed E-state index contributed by atoms with van der Waals surface area (Å²) < 4.78 is 0. The van der Waals surface area contributed by atoms with Gasteiger partial charge >= 0.3 is 0 Å². The Morgan fingerprint density at radius 2 is 2.36 bits per heavy atom. The molecular formula is C10H14O. The number of fused-ring (bicyclic) bond motifs is 1. The molecular weight excluding hydrogens is 136 g/mol. The minimum absolute atomic E-state index is 0.330. The standard InChI is InChI=1S/C10H14O/c1-2-3-7-4-5-8-6-9(8)10(7)11/h2,7-9H,1,3-6H2/t7-,8+,9-/m0/s1. The topological polar surface area (TPSA) is 17.1 Å². The second kappa shape index (κ2) is 2.47. The van der Waals surface area contributed by atoms with Gasteiger partial charge in [-0.2, -0.15) is 0 Å². The second-order valence-electron chi connectivity index (χ2n) is 3.80. The maximum absolute atomic E-state index is 11.5. The molecule has 11 heavy (non-hydrogen) atoms. The monoisotopic (exact) mass is 150 g/mol. The first-order valence-corrected chi connectivity index (χ1v) is 4.47. The van der Waals surface area contributed by atoms with Crippen LogP contribution >= 0.6 is 0 Å². The summed E-state index contributed by atoms with van der Waals surface area (Å²) in [6.07, 6.45) is 6.38. The van der Waals surface area contributed by atoms with Crippen molar-refractivity contribution in [2.75, 3.05) is 0 Å². The summed E-state index contributed by atoms with van der Waals surface area (Å²) in [5, 5.41) is 0. The highest BCUT2D eigenvalue weighted by molar-refractivity contribution is 5.87. The van der Waals surface area contributed by atoms with Crippen LogP contribution in [-0.4, -0.2) is 5.78 Å². The van der Waals surface area contributed by atoms with E-state index in [4.69, 9.17) is 0 Å². The highest BCUT2D eigenvalue weighted by Gasteiger charge is 2.48. The van der Waals surface area contributed by atoms with Gasteiger partial charge in [-0.05, 0) is 31.6 Å². The number of allylic oxidation sites excluding steroid dienone is 1. The molecule has 0 saturated heterocycles. The lowest BCUT2D eigenvalue weighted by Gasteiger charge is -2.17. The van der Waals surface area contributed by atoms with E-state index in [-0.39, 0.29) is 0 Å². The minimum Gasteiger partial charge on any atom is -0.299 e. The van der Waals surface area contributed by atoms with Crippen molar-refractivity contribution >= 4 is 5.78 Å². The van der Waals surface area contributed by atoms with Crippen molar-refractivity contribution in [2.24, 2.45) is 17.8 Å². The van der Waals surface area contributed by atoms with Crippen LogP contribution in [0.25, 0.3) is 0 Å². The highest BCUT2D eigenvalue weighted by Crippen LogP contribution is 2.49. The summed E-state index contributed by atoms with van der Waals surface area (Å²) in [4.78, 5) is 11.5. The molecule has 0 radical (unpaired) electrons. The van der Waals surface area contributed by atoms with Gasteiger partial charge in [0.2, 0.25) is 0 Å². The number of ketones is 1. The van der Waals surface area contributed by atoms with E-state index in [0.717, 1.165) is 18.8 Å². The smallest absolute Gasteiger partial charge is 0.139 e. The van der Waals surface area contributed by atoms with Crippen LogP contribution in [0.15, 0.2) is 12.7 Å². The molecule has 2 rings (SSSR count). The lowest BCUT2D eigenvalue weighted by Crippen LogP contribution is -2.20. The average Bonchev–Trinajstić information content (AvgIpc) is 2.75. The zero-order valence-electron chi connectivity index (χ0n) is 6.75. The Balaban J connectivity index is 1.99. The Morgan fingerprint density at radius 3 is 3.09 bits per heavy atom. The van der Waals surface area contributed by atoms with Gasteiger partial charge in [0.1, 0.15) is 5.78 Å². The van der Waals surface area contributed by atoms with E-state index in [1.165, 1.54) is 12.8 Å². The molecule has 0 amide bonds. The zero-order valence-corrected chi connectivity index (χ0v) is 6.75. The van der Waals surface area contributed by atoms with E-state index >= 15 is 0 Å². The molecule has 2 aliphatic rings. The normalized spacial score (nSPS) is 41.5. The molecule has 0 heterocycles. The van der Waals surface area contributed by atoms with E-state index < -0.39 is 0 Å². The first kappa shape index (κ1) is 7.08. The van der Waals surface area contributed by atoms with Crippen LogP contribution in [0.3, 0.4) is 0 Å². The van der Waals surface area contributed by atoms with Gasteiger partial charge in [0.15, 0.2) is 0 Å².